The van der Waals surface area contributed by atoms with Crippen LogP contribution in [0.5, 0.6) is 0 Å². The molecule has 0 spiro atoms. The summed E-state index contributed by atoms with van der Waals surface area (Å²) in [7, 11) is 0. The first-order valence-electron chi connectivity index (χ1n) is 4.88. The Morgan fingerprint density at radius 2 is 1.89 bits per heavy atom. The van der Waals surface area contributed by atoms with Crippen molar-refractivity contribution in [2.75, 3.05) is 0 Å². The average Bonchev–Trinajstić information content (AvgIpc) is 2.69. The van der Waals surface area contributed by atoms with Gasteiger partial charge in [-0.05, 0) is 30.3 Å². The Balaban J connectivity index is 0.00000162. The second-order valence-electron chi connectivity index (χ2n) is 3.54. The van der Waals surface area contributed by atoms with Gasteiger partial charge in [0.25, 0.3) is 0 Å². The summed E-state index contributed by atoms with van der Waals surface area (Å²) < 4.78 is 5.47. The molecule has 0 bridgehead atoms. The maximum absolute atomic E-state index is 10.7. The van der Waals surface area contributed by atoms with E-state index in [0.29, 0.717) is 21.6 Å². The van der Waals surface area contributed by atoms with E-state index in [0.717, 1.165) is 5.56 Å². The lowest BCUT2D eigenvalue weighted by Gasteiger charge is -1.99. The number of benzene rings is 1. The molecule has 0 saturated carbocycles. The van der Waals surface area contributed by atoms with Gasteiger partial charge in [-0.15, -0.1) is 12.4 Å². The van der Waals surface area contributed by atoms with E-state index in [2.05, 4.69) is 0 Å². The Bertz CT molecular complexity index is 566. The van der Waals surface area contributed by atoms with Gasteiger partial charge in [0, 0.05) is 5.56 Å². The summed E-state index contributed by atoms with van der Waals surface area (Å²) in [6.07, 6.45) is 0.0846. The van der Waals surface area contributed by atoms with Crippen LogP contribution < -0.4 is 5.73 Å². The highest BCUT2D eigenvalue weighted by molar-refractivity contribution is 6.42. The van der Waals surface area contributed by atoms with Gasteiger partial charge in [-0.25, -0.2) is 0 Å². The van der Waals surface area contributed by atoms with Gasteiger partial charge in [0.2, 0.25) is 5.91 Å². The molecule has 1 heterocycles. The van der Waals surface area contributed by atoms with Gasteiger partial charge in [0.15, 0.2) is 0 Å². The summed E-state index contributed by atoms with van der Waals surface area (Å²) in [6, 6.07) is 8.66. The number of rotatable bonds is 3. The van der Waals surface area contributed by atoms with E-state index in [9.17, 15) is 4.79 Å². The first kappa shape index (κ1) is 14.9. The zero-order valence-electron chi connectivity index (χ0n) is 9.15. The van der Waals surface area contributed by atoms with Crippen molar-refractivity contribution in [3.8, 4) is 11.3 Å². The summed E-state index contributed by atoms with van der Waals surface area (Å²) in [5.41, 5.74) is 5.88. The molecule has 0 unspecified atom stereocenters. The smallest absolute Gasteiger partial charge is 0.225 e. The number of carbonyl (C=O) groups excluding carboxylic acids is 1. The number of carbonyl (C=O) groups is 1. The lowest BCUT2D eigenvalue weighted by molar-refractivity contribution is -0.117. The molecule has 96 valence electrons. The molecule has 2 rings (SSSR count). The lowest BCUT2D eigenvalue weighted by Crippen LogP contribution is -2.12. The molecule has 6 heteroatoms. The van der Waals surface area contributed by atoms with Gasteiger partial charge in [0.05, 0.1) is 16.5 Å². The molecule has 0 radical (unpaired) electrons. The molecule has 18 heavy (non-hydrogen) atoms. The summed E-state index contributed by atoms with van der Waals surface area (Å²) in [5, 5.41) is 0.941. The quantitative estimate of drug-likeness (QED) is 0.940. The van der Waals surface area contributed by atoms with Crippen LogP contribution >= 0.6 is 35.6 Å². The van der Waals surface area contributed by atoms with Crippen LogP contribution in [0.1, 0.15) is 5.76 Å². The van der Waals surface area contributed by atoms with Crippen molar-refractivity contribution in [3.05, 3.63) is 46.1 Å². The molecule has 0 aliphatic rings. The van der Waals surface area contributed by atoms with E-state index in [1.54, 1.807) is 30.3 Å². The fourth-order valence-corrected chi connectivity index (χ4v) is 1.75. The maximum Gasteiger partial charge on any atom is 0.225 e. The van der Waals surface area contributed by atoms with Crippen LogP contribution in [0.4, 0.5) is 0 Å². The van der Waals surface area contributed by atoms with Crippen molar-refractivity contribution in [3.63, 3.8) is 0 Å². The summed E-state index contributed by atoms with van der Waals surface area (Å²) >= 11 is 11.7. The molecule has 0 aliphatic carbocycles. The molecule has 1 aromatic heterocycles. The highest BCUT2D eigenvalue weighted by atomic mass is 35.5. The number of nitrogens with two attached hydrogens (primary N) is 1. The first-order valence-corrected chi connectivity index (χ1v) is 5.64. The fourth-order valence-electron chi connectivity index (χ4n) is 1.45. The molecule has 0 fully saturated rings. The number of amides is 1. The highest BCUT2D eigenvalue weighted by Gasteiger charge is 2.08. The highest BCUT2D eigenvalue weighted by Crippen LogP contribution is 2.29. The standard InChI is InChI=1S/C12H9Cl2NO2.ClH/c13-9-3-1-7(5-10(9)14)11-4-2-8(17-11)6-12(15)16;/h1-5H,6H2,(H2,15,16);1H. The minimum absolute atomic E-state index is 0. The van der Waals surface area contributed by atoms with Gasteiger partial charge in [-0.1, -0.05) is 23.2 Å². The second kappa shape index (κ2) is 6.14. The van der Waals surface area contributed by atoms with Gasteiger partial charge < -0.3 is 10.2 Å². The van der Waals surface area contributed by atoms with Crippen molar-refractivity contribution in [2.24, 2.45) is 5.73 Å². The van der Waals surface area contributed by atoms with Crippen LogP contribution in [-0.4, -0.2) is 5.91 Å². The van der Waals surface area contributed by atoms with E-state index >= 15 is 0 Å². The number of hydrogen-bond acceptors (Lipinski definition) is 2. The Kier molecular flexibility index (Phi) is 5.08. The van der Waals surface area contributed by atoms with E-state index in [4.69, 9.17) is 33.4 Å². The van der Waals surface area contributed by atoms with Gasteiger partial charge in [-0.2, -0.15) is 0 Å². The summed E-state index contributed by atoms with van der Waals surface area (Å²) in [4.78, 5) is 10.7. The molecule has 2 aromatic rings. The Morgan fingerprint density at radius 1 is 1.17 bits per heavy atom. The number of hydrogen-bond donors (Lipinski definition) is 1. The molecule has 0 saturated heterocycles. The fraction of sp³-hybridized carbons (Fsp3) is 0.0833. The molecule has 0 atom stereocenters. The monoisotopic (exact) mass is 305 g/mol. The Hall–Kier alpha value is -1.16. The maximum atomic E-state index is 10.7. The van der Waals surface area contributed by atoms with E-state index in [1.807, 2.05) is 0 Å². The van der Waals surface area contributed by atoms with Crippen molar-refractivity contribution < 1.29 is 9.21 Å². The van der Waals surface area contributed by atoms with Crippen LogP contribution in [0, 0.1) is 0 Å². The van der Waals surface area contributed by atoms with Gasteiger partial charge in [-0.3, -0.25) is 4.79 Å². The third-order valence-electron chi connectivity index (χ3n) is 2.21. The lowest BCUT2D eigenvalue weighted by atomic mass is 10.2. The molecule has 2 N–H and O–H groups in total. The predicted octanol–water partition coefficient (Wildman–Crippen LogP) is 3.70. The van der Waals surface area contributed by atoms with E-state index in [1.165, 1.54) is 0 Å². The Morgan fingerprint density at radius 3 is 2.50 bits per heavy atom. The topological polar surface area (TPSA) is 56.2 Å². The van der Waals surface area contributed by atoms with Crippen molar-refractivity contribution in [2.45, 2.75) is 6.42 Å². The largest absolute Gasteiger partial charge is 0.461 e. The van der Waals surface area contributed by atoms with E-state index in [-0.39, 0.29) is 18.8 Å². The van der Waals surface area contributed by atoms with Crippen LogP contribution in [0.15, 0.2) is 34.7 Å². The number of halogens is 3. The van der Waals surface area contributed by atoms with Gasteiger partial charge in [0.1, 0.15) is 11.5 Å². The molecule has 3 nitrogen and oxygen atoms in total. The van der Waals surface area contributed by atoms with Crippen LogP contribution in [0.2, 0.25) is 10.0 Å². The number of primary amides is 1. The first-order chi connectivity index (χ1) is 8.06. The average molecular weight is 307 g/mol. The third-order valence-corrected chi connectivity index (χ3v) is 2.95. The summed E-state index contributed by atoms with van der Waals surface area (Å²) in [6.45, 7) is 0. The SMILES string of the molecule is Cl.NC(=O)Cc1ccc(-c2ccc(Cl)c(Cl)c2)o1. The van der Waals surface area contributed by atoms with Crippen LogP contribution in [0.3, 0.4) is 0 Å². The van der Waals surface area contributed by atoms with Gasteiger partial charge >= 0.3 is 0 Å². The second-order valence-corrected chi connectivity index (χ2v) is 4.35. The molecule has 0 aliphatic heterocycles. The van der Waals surface area contributed by atoms with Crippen molar-refractivity contribution in [1.29, 1.82) is 0 Å². The minimum Gasteiger partial charge on any atom is -0.461 e. The molecular weight excluding hydrogens is 296 g/mol. The minimum atomic E-state index is -0.431. The zero-order chi connectivity index (χ0) is 12.4. The predicted molar refractivity (Wildman–Crippen MR) is 74.3 cm³/mol. The van der Waals surface area contributed by atoms with E-state index < -0.39 is 5.91 Å². The number of furan rings is 1. The Labute approximate surface area is 120 Å². The van der Waals surface area contributed by atoms with Crippen molar-refractivity contribution >= 4 is 41.5 Å². The zero-order valence-corrected chi connectivity index (χ0v) is 11.5. The third kappa shape index (κ3) is 3.42. The summed E-state index contributed by atoms with van der Waals surface area (Å²) in [5.74, 6) is 0.721. The molecule has 1 amide bonds. The normalized spacial score (nSPS) is 9.89. The van der Waals surface area contributed by atoms with Crippen LogP contribution in [0.25, 0.3) is 11.3 Å². The van der Waals surface area contributed by atoms with Crippen molar-refractivity contribution in [1.82, 2.24) is 0 Å². The molecule has 1 aromatic carbocycles. The van der Waals surface area contributed by atoms with Crippen LogP contribution in [-0.2, 0) is 11.2 Å². The molecular formula is C12H10Cl3NO2.